The average molecular weight is 210 g/mol. The zero-order valence-electron chi connectivity index (χ0n) is 6.82. The Labute approximate surface area is 78.5 Å². The first-order chi connectivity index (χ1) is 6.06. The van der Waals surface area contributed by atoms with E-state index < -0.39 is 17.8 Å². The van der Waals surface area contributed by atoms with E-state index in [9.17, 15) is 13.2 Å². The number of aryl methyl sites for hydroxylation is 1. The SMILES string of the molecule is Cc1cc(C(F)F)c(F)c(CCl)n1. The first kappa shape index (κ1) is 10.3. The van der Waals surface area contributed by atoms with Crippen LogP contribution in [0.5, 0.6) is 0 Å². The molecule has 0 saturated heterocycles. The average Bonchev–Trinajstić information content (AvgIpc) is 2.08. The van der Waals surface area contributed by atoms with Gasteiger partial charge in [-0.15, -0.1) is 11.6 Å². The minimum atomic E-state index is -2.83. The monoisotopic (exact) mass is 209 g/mol. The highest BCUT2D eigenvalue weighted by atomic mass is 35.5. The molecular weight excluding hydrogens is 203 g/mol. The highest BCUT2D eigenvalue weighted by Crippen LogP contribution is 2.24. The van der Waals surface area contributed by atoms with Crippen molar-refractivity contribution >= 4 is 11.6 Å². The van der Waals surface area contributed by atoms with E-state index >= 15 is 0 Å². The zero-order valence-corrected chi connectivity index (χ0v) is 7.58. The molecule has 0 amide bonds. The maximum Gasteiger partial charge on any atom is 0.266 e. The molecule has 0 radical (unpaired) electrons. The maximum absolute atomic E-state index is 13.1. The molecule has 0 spiro atoms. The van der Waals surface area contributed by atoms with Crippen molar-refractivity contribution in [3.63, 3.8) is 0 Å². The van der Waals surface area contributed by atoms with Crippen molar-refractivity contribution in [3.8, 4) is 0 Å². The number of hydrogen-bond acceptors (Lipinski definition) is 1. The van der Waals surface area contributed by atoms with Gasteiger partial charge in [-0.25, -0.2) is 13.2 Å². The first-order valence-electron chi connectivity index (χ1n) is 3.56. The lowest BCUT2D eigenvalue weighted by atomic mass is 10.2. The Morgan fingerprint density at radius 1 is 1.54 bits per heavy atom. The second-order valence-corrected chi connectivity index (χ2v) is 2.82. The Morgan fingerprint density at radius 3 is 2.62 bits per heavy atom. The quantitative estimate of drug-likeness (QED) is 0.682. The largest absolute Gasteiger partial charge is 0.266 e. The summed E-state index contributed by atoms with van der Waals surface area (Å²) in [5.74, 6) is -1.21. The number of hydrogen-bond donors (Lipinski definition) is 0. The highest BCUT2D eigenvalue weighted by molar-refractivity contribution is 6.16. The molecule has 1 aromatic rings. The number of rotatable bonds is 2. The van der Waals surface area contributed by atoms with Gasteiger partial charge in [0, 0.05) is 5.69 Å². The standard InChI is InChI=1S/C8H7ClF3N/c1-4-2-5(8(11)12)7(10)6(3-9)13-4/h2,8H,3H2,1H3. The van der Waals surface area contributed by atoms with Crippen molar-refractivity contribution in [2.75, 3.05) is 0 Å². The summed E-state index contributed by atoms with van der Waals surface area (Å²) in [6.45, 7) is 1.52. The Bertz CT molecular complexity index is 315. The van der Waals surface area contributed by atoms with Crippen LogP contribution in [0.3, 0.4) is 0 Å². The molecule has 0 aromatic carbocycles. The number of aromatic nitrogens is 1. The van der Waals surface area contributed by atoms with E-state index in [-0.39, 0.29) is 11.6 Å². The van der Waals surface area contributed by atoms with Crippen molar-refractivity contribution in [2.24, 2.45) is 0 Å². The Morgan fingerprint density at radius 2 is 2.15 bits per heavy atom. The molecule has 5 heteroatoms. The van der Waals surface area contributed by atoms with E-state index in [2.05, 4.69) is 4.98 Å². The van der Waals surface area contributed by atoms with Crippen LogP contribution in [0.2, 0.25) is 0 Å². The van der Waals surface area contributed by atoms with E-state index in [1.165, 1.54) is 6.92 Å². The fourth-order valence-electron chi connectivity index (χ4n) is 0.997. The third kappa shape index (κ3) is 2.12. The molecular formula is C8H7ClF3N. The fraction of sp³-hybridized carbons (Fsp3) is 0.375. The van der Waals surface area contributed by atoms with E-state index in [1.807, 2.05) is 0 Å². The predicted molar refractivity (Wildman–Crippen MR) is 43.4 cm³/mol. The second-order valence-electron chi connectivity index (χ2n) is 2.55. The molecule has 0 atom stereocenters. The summed E-state index contributed by atoms with van der Waals surface area (Å²) >= 11 is 5.33. The lowest BCUT2D eigenvalue weighted by molar-refractivity contribution is 0.145. The van der Waals surface area contributed by atoms with Crippen molar-refractivity contribution in [1.82, 2.24) is 4.98 Å². The minimum absolute atomic E-state index is 0.128. The predicted octanol–water partition coefficient (Wildman–Crippen LogP) is 3.21. The highest BCUT2D eigenvalue weighted by Gasteiger charge is 2.17. The second kappa shape index (κ2) is 3.96. The Balaban J connectivity index is 3.27. The topological polar surface area (TPSA) is 12.9 Å². The van der Waals surface area contributed by atoms with E-state index in [4.69, 9.17) is 11.6 Å². The summed E-state index contributed by atoms with van der Waals surface area (Å²) in [5.41, 5.74) is -0.424. The van der Waals surface area contributed by atoms with Gasteiger partial charge in [0.15, 0.2) is 5.82 Å². The first-order valence-corrected chi connectivity index (χ1v) is 4.09. The smallest absolute Gasteiger partial charge is 0.254 e. The molecule has 0 unspecified atom stereocenters. The lowest BCUT2D eigenvalue weighted by Crippen LogP contribution is -2.01. The third-order valence-corrected chi connectivity index (χ3v) is 1.80. The molecule has 0 aliphatic rings. The normalized spacial score (nSPS) is 10.9. The fourth-order valence-corrected chi connectivity index (χ4v) is 1.17. The molecule has 0 saturated carbocycles. The maximum atomic E-state index is 13.1. The molecule has 0 aliphatic carbocycles. The van der Waals surface area contributed by atoms with Gasteiger partial charge in [0.25, 0.3) is 6.43 Å². The summed E-state index contributed by atoms with van der Waals surface area (Å²) in [6, 6.07) is 1.02. The molecule has 72 valence electrons. The molecule has 0 fully saturated rings. The van der Waals surface area contributed by atoms with Crippen LogP contribution >= 0.6 is 11.6 Å². The van der Waals surface area contributed by atoms with Crippen LogP contribution in [0.15, 0.2) is 6.07 Å². The van der Waals surface area contributed by atoms with Gasteiger partial charge >= 0.3 is 0 Å². The van der Waals surface area contributed by atoms with Gasteiger partial charge in [-0.1, -0.05) is 0 Å². The molecule has 0 bridgehead atoms. The molecule has 1 heterocycles. The van der Waals surface area contributed by atoms with Gasteiger partial charge in [0.1, 0.15) is 0 Å². The minimum Gasteiger partial charge on any atom is -0.254 e. The lowest BCUT2D eigenvalue weighted by Gasteiger charge is -2.06. The van der Waals surface area contributed by atoms with Crippen molar-refractivity contribution in [2.45, 2.75) is 19.2 Å². The Hall–Kier alpha value is -0.770. The van der Waals surface area contributed by atoms with Crippen molar-refractivity contribution < 1.29 is 13.2 Å². The van der Waals surface area contributed by atoms with Gasteiger partial charge in [-0.3, -0.25) is 4.98 Å². The van der Waals surface area contributed by atoms with Gasteiger partial charge in [-0.2, -0.15) is 0 Å². The summed E-state index contributed by atoms with van der Waals surface area (Å²) < 4.78 is 37.5. The number of halogens is 4. The van der Waals surface area contributed by atoms with Gasteiger partial charge in [0.05, 0.1) is 17.1 Å². The molecule has 0 N–H and O–H groups in total. The molecule has 0 aliphatic heterocycles. The van der Waals surface area contributed by atoms with Gasteiger partial charge in [0.2, 0.25) is 0 Å². The zero-order chi connectivity index (χ0) is 10.0. The van der Waals surface area contributed by atoms with Crippen LogP contribution in [0.25, 0.3) is 0 Å². The number of pyridine rings is 1. The van der Waals surface area contributed by atoms with Crippen LogP contribution in [-0.4, -0.2) is 4.98 Å². The summed E-state index contributed by atoms with van der Waals surface area (Å²) in [4.78, 5) is 3.69. The van der Waals surface area contributed by atoms with Crippen molar-refractivity contribution in [1.29, 1.82) is 0 Å². The summed E-state index contributed by atoms with van der Waals surface area (Å²) in [5, 5.41) is 0. The Kier molecular flexibility index (Phi) is 3.14. The van der Waals surface area contributed by atoms with Crippen LogP contribution in [0.4, 0.5) is 13.2 Å². The summed E-state index contributed by atoms with van der Waals surface area (Å²) in [6.07, 6.45) is -2.83. The van der Waals surface area contributed by atoms with Crippen molar-refractivity contribution in [3.05, 3.63) is 28.8 Å². The van der Waals surface area contributed by atoms with Gasteiger partial charge < -0.3 is 0 Å². The molecule has 13 heavy (non-hydrogen) atoms. The van der Waals surface area contributed by atoms with Crippen LogP contribution < -0.4 is 0 Å². The molecule has 1 aromatic heterocycles. The molecule has 1 rings (SSSR count). The third-order valence-electron chi connectivity index (χ3n) is 1.54. The molecule has 1 nitrogen and oxygen atoms in total. The van der Waals surface area contributed by atoms with Gasteiger partial charge in [-0.05, 0) is 13.0 Å². The van der Waals surface area contributed by atoms with Crippen LogP contribution in [0.1, 0.15) is 23.4 Å². The van der Waals surface area contributed by atoms with Crippen LogP contribution in [0, 0.1) is 12.7 Å². The van der Waals surface area contributed by atoms with Crippen LogP contribution in [-0.2, 0) is 5.88 Å². The van der Waals surface area contributed by atoms with E-state index in [1.54, 1.807) is 0 Å². The van der Waals surface area contributed by atoms with E-state index in [0.29, 0.717) is 5.69 Å². The summed E-state index contributed by atoms with van der Waals surface area (Å²) in [7, 11) is 0. The van der Waals surface area contributed by atoms with E-state index in [0.717, 1.165) is 6.07 Å². The number of nitrogens with zero attached hydrogens (tertiary/aromatic N) is 1. The number of alkyl halides is 3.